The highest BCUT2D eigenvalue weighted by molar-refractivity contribution is 7.88. The summed E-state index contributed by atoms with van der Waals surface area (Å²) in [6.45, 7) is -0.107. The summed E-state index contributed by atoms with van der Waals surface area (Å²) in [7, 11) is 15.9. The lowest BCUT2D eigenvalue weighted by Crippen LogP contribution is -2.50. The molecule has 202 valence electrons. The monoisotopic (exact) mass is 560 g/mol. The van der Waals surface area contributed by atoms with Crippen LogP contribution in [0, 0.1) is 5.92 Å². The quantitative estimate of drug-likeness (QED) is 0.266. The van der Waals surface area contributed by atoms with E-state index < -0.39 is 21.2 Å². The van der Waals surface area contributed by atoms with Gasteiger partial charge >= 0.3 is 0 Å². The lowest BCUT2D eigenvalue weighted by molar-refractivity contribution is -0.117. The van der Waals surface area contributed by atoms with E-state index in [1.807, 2.05) is 0 Å². The Kier molecular flexibility index (Phi) is 8.21. The molecule has 3 aromatic rings. The van der Waals surface area contributed by atoms with E-state index in [9.17, 15) is 18.0 Å². The maximum atomic E-state index is 12.8. The number of amides is 2. The van der Waals surface area contributed by atoms with Gasteiger partial charge in [-0.15, -0.1) is 10.2 Å². The van der Waals surface area contributed by atoms with E-state index >= 15 is 0 Å². The van der Waals surface area contributed by atoms with Crippen molar-refractivity contribution in [2.45, 2.75) is 24.6 Å². The first kappa shape index (κ1) is 29.1. The molecule has 1 aromatic carbocycles. The Morgan fingerprint density at radius 1 is 1.20 bits per heavy atom. The van der Waals surface area contributed by atoms with E-state index in [-0.39, 0.29) is 53.0 Å². The van der Waals surface area contributed by atoms with Crippen molar-refractivity contribution in [3.8, 4) is 17.2 Å². The van der Waals surface area contributed by atoms with Gasteiger partial charge in [0.25, 0.3) is 11.8 Å². The van der Waals surface area contributed by atoms with Crippen LogP contribution in [-0.2, 0) is 21.4 Å². The first-order valence-electron chi connectivity index (χ1n) is 11.8. The van der Waals surface area contributed by atoms with Crippen molar-refractivity contribution < 1.29 is 27.3 Å². The van der Waals surface area contributed by atoms with E-state index in [1.165, 1.54) is 20.2 Å². The van der Waals surface area contributed by atoms with Crippen molar-refractivity contribution in [1.29, 1.82) is 0 Å². The maximum Gasteiger partial charge on any atom is 0.272 e. The summed E-state index contributed by atoms with van der Waals surface area (Å²) in [4.78, 5) is 29.4. The summed E-state index contributed by atoms with van der Waals surface area (Å²) >= 11 is 0. The Hall–Kier alpha value is -3.92. The van der Waals surface area contributed by atoms with Gasteiger partial charge in [0.2, 0.25) is 15.9 Å². The van der Waals surface area contributed by atoms with Crippen LogP contribution in [0.1, 0.15) is 29.2 Å². The van der Waals surface area contributed by atoms with E-state index in [1.54, 1.807) is 18.2 Å². The lowest BCUT2D eigenvalue weighted by Gasteiger charge is -2.23. The number of para-hydroxylation sites is 1. The summed E-state index contributed by atoms with van der Waals surface area (Å²) in [6.07, 6.45) is 2.62. The van der Waals surface area contributed by atoms with Gasteiger partial charge in [-0.1, -0.05) is 16.5 Å². The molecule has 0 bridgehead atoms. The van der Waals surface area contributed by atoms with E-state index in [0.717, 1.165) is 23.4 Å². The second kappa shape index (κ2) is 11.3. The molecule has 0 saturated heterocycles. The van der Waals surface area contributed by atoms with E-state index in [4.69, 9.17) is 32.8 Å². The van der Waals surface area contributed by atoms with Gasteiger partial charge < -0.3 is 25.2 Å². The molecule has 1 saturated carbocycles. The van der Waals surface area contributed by atoms with Crippen molar-refractivity contribution in [3.63, 3.8) is 0 Å². The van der Waals surface area contributed by atoms with Gasteiger partial charge in [-0.2, -0.15) is 9.29 Å². The SMILES string of the molecule is [B]C([B])([B])NC(=O)c1nnc(NC(=O)C2CC2)cc1Nc1cccc(-c2nc(CN(C)S(C)(=O)=O)no2)c1OC. The van der Waals surface area contributed by atoms with Gasteiger partial charge in [-0.05, 0) is 25.0 Å². The fourth-order valence-electron chi connectivity index (χ4n) is 3.46. The fraction of sp³-hybridized carbons (Fsp3) is 0.364. The molecule has 0 spiro atoms. The molecule has 14 nitrogen and oxygen atoms in total. The first-order valence-corrected chi connectivity index (χ1v) is 13.7. The number of sulfonamides is 1. The van der Waals surface area contributed by atoms with Gasteiger partial charge in [0.1, 0.15) is 0 Å². The van der Waals surface area contributed by atoms with Crippen molar-refractivity contribution in [2.24, 2.45) is 5.92 Å². The first-order chi connectivity index (χ1) is 18.7. The molecule has 1 aliphatic rings. The summed E-state index contributed by atoms with van der Waals surface area (Å²) in [5, 5.41) is 17.6. The maximum absolute atomic E-state index is 12.8. The zero-order valence-corrected chi connectivity index (χ0v) is 22.7. The number of aromatic nitrogens is 4. The second-order valence-corrected chi connectivity index (χ2v) is 11.3. The molecule has 2 heterocycles. The molecule has 1 fully saturated rings. The number of carbonyl (C=O) groups excluding carboxylic acids is 2. The van der Waals surface area contributed by atoms with Crippen molar-refractivity contribution in [1.82, 2.24) is 30.0 Å². The van der Waals surface area contributed by atoms with Crippen LogP contribution in [0.2, 0.25) is 0 Å². The number of hydrogen-bond acceptors (Lipinski definition) is 11. The van der Waals surface area contributed by atoms with Crippen LogP contribution in [0.3, 0.4) is 0 Å². The smallest absolute Gasteiger partial charge is 0.272 e. The summed E-state index contributed by atoms with van der Waals surface area (Å²) in [5.41, 5.74) is 0.591. The average Bonchev–Trinajstić information content (AvgIpc) is 3.61. The second-order valence-electron chi connectivity index (χ2n) is 9.19. The third kappa shape index (κ3) is 7.18. The largest absolute Gasteiger partial charge is 0.494 e. The molecular weight excluding hydrogens is 537 g/mol. The number of hydrogen-bond donors (Lipinski definition) is 3. The number of carbonyl (C=O) groups is 2. The third-order valence-corrected chi connectivity index (χ3v) is 6.92. The van der Waals surface area contributed by atoms with Crippen molar-refractivity contribution >= 4 is 62.6 Å². The minimum Gasteiger partial charge on any atom is -0.494 e. The summed E-state index contributed by atoms with van der Waals surface area (Å²) in [6, 6.07) is 6.35. The van der Waals surface area contributed by atoms with E-state index in [0.29, 0.717) is 11.3 Å². The van der Waals surface area contributed by atoms with Crippen LogP contribution in [0.25, 0.3) is 11.5 Å². The van der Waals surface area contributed by atoms with Crippen LogP contribution in [0.15, 0.2) is 28.8 Å². The zero-order chi connectivity index (χ0) is 29.2. The summed E-state index contributed by atoms with van der Waals surface area (Å²) in [5.74, 6) is -0.620. The summed E-state index contributed by atoms with van der Waals surface area (Å²) < 4.78 is 35.5. The Morgan fingerprint density at radius 3 is 2.55 bits per heavy atom. The predicted octanol–water partition coefficient (Wildman–Crippen LogP) is -0.135. The average molecular weight is 560 g/mol. The molecule has 2 aromatic heterocycles. The number of nitrogens with zero attached hydrogens (tertiary/aromatic N) is 5. The molecule has 4 rings (SSSR count). The Balaban J connectivity index is 1.68. The normalized spacial score (nSPS) is 13.6. The Labute approximate surface area is 234 Å². The van der Waals surface area contributed by atoms with Crippen LogP contribution in [-0.4, -0.2) is 94.1 Å². The van der Waals surface area contributed by atoms with Crippen LogP contribution in [0.4, 0.5) is 17.2 Å². The standard InChI is InChI=1S/C22H23B3N8O6S/c1-33(40(3,36)37)10-16-28-21(39-32-16)12-5-4-6-13(18(12)38-2)26-14-9-15(27-19(34)11-7-8-11)30-31-17(14)20(35)29-22(23,24)25/h4-6,9,11H,7-8,10H2,1-3H3,(H,29,35)(H2,26,27,30,34). The molecule has 0 aliphatic heterocycles. The third-order valence-electron chi connectivity index (χ3n) is 5.66. The van der Waals surface area contributed by atoms with Gasteiger partial charge in [0.15, 0.2) is 23.1 Å². The highest BCUT2D eigenvalue weighted by Gasteiger charge is 2.30. The number of benzene rings is 1. The molecule has 40 heavy (non-hydrogen) atoms. The zero-order valence-electron chi connectivity index (χ0n) is 21.8. The Morgan fingerprint density at radius 2 is 1.93 bits per heavy atom. The Bertz CT molecular complexity index is 1540. The molecule has 18 heteroatoms. The molecule has 1 aliphatic carbocycles. The van der Waals surface area contributed by atoms with Gasteiger partial charge in [0.05, 0.1) is 60.4 Å². The van der Waals surface area contributed by atoms with Crippen molar-refractivity contribution in [2.75, 3.05) is 31.0 Å². The molecule has 0 atom stereocenters. The van der Waals surface area contributed by atoms with Crippen molar-refractivity contribution in [3.05, 3.63) is 35.8 Å². The lowest BCUT2D eigenvalue weighted by atomic mass is 9.49. The topological polar surface area (TPSA) is 182 Å². The van der Waals surface area contributed by atoms with Crippen LogP contribution in [0.5, 0.6) is 5.75 Å². The number of rotatable bonds is 11. The minimum atomic E-state index is -3.46. The van der Waals surface area contributed by atoms with Crippen LogP contribution >= 0.6 is 0 Å². The number of ether oxygens (including phenoxy) is 1. The molecular formula is C22H23B3N8O6S. The van der Waals surface area contributed by atoms with E-state index in [2.05, 4.69) is 36.3 Å². The fourth-order valence-corrected chi connectivity index (χ4v) is 3.81. The number of anilines is 3. The van der Waals surface area contributed by atoms with Gasteiger partial charge in [-0.3, -0.25) is 9.59 Å². The highest BCUT2D eigenvalue weighted by atomic mass is 32.2. The molecule has 3 N–H and O–H groups in total. The molecule has 2 amide bonds. The number of methoxy groups -OCH3 is 1. The van der Waals surface area contributed by atoms with Gasteiger partial charge in [-0.25, -0.2) is 8.42 Å². The predicted molar refractivity (Wildman–Crippen MR) is 147 cm³/mol. The minimum absolute atomic E-state index is 0.0554. The molecule has 6 radical (unpaired) electrons. The van der Waals surface area contributed by atoms with Gasteiger partial charge in [0, 0.05) is 19.0 Å². The molecule has 0 unspecified atom stereocenters. The van der Waals surface area contributed by atoms with Crippen LogP contribution < -0.4 is 20.7 Å². The highest BCUT2D eigenvalue weighted by Crippen LogP contribution is 2.38. The number of nitrogens with one attached hydrogen (secondary N) is 3.